The van der Waals surface area contributed by atoms with E-state index in [4.69, 9.17) is 30.9 Å². The van der Waals surface area contributed by atoms with E-state index in [1.807, 2.05) is 36.4 Å². The molecule has 0 radical (unpaired) electrons. The average molecular weight is 566 g/mol. The molecule has 1 N–H and O–H groups in total. The topological polar surface area (TPSA) is 114 Å². The van der Waals surface area contributed by atoms with Crippen LogP contribution < -0.4 is 9.47 Å². The molecule has 11 heteroatoms. The number of methoxy groups -OCH3 is 2. The lowest BCUT2D eigenvalue weighted by Crippen LogP contribution is -2.15. The van der Waals surface area contributed by atoms with Crippen molar-refractivity contribution in [2.45, 2.75) is 51.9 Å². The summed E-state index contributed by atoms with van der Waals surface area (Å²) in [7, 11) is 3.22. The third-order valence-electron chi connectivity index (χ3n) is 6.86. The summed E-state index contributed by atoms with van der Waals surface area (Å²) < 4.78 is 20.6. The van der Waals surface area contributed by atoms with Crippen molar-refractivity contribution in [1.29, 1.82) is 0 Å². The second-order valence-electron chi connectivity index (χ2n) is 10.1. The first-order valence-electron chi connectivity index (χ1n) is 13.1. The van der Waals surface area contributed by atoms with E-state index in [2.05, 4.69) is 46.0 Å². The van der Waals surface area contributed by atoms with Crippen LogP contribution in [0.3, 0.4) is 0 Å². The van der Waals surface area contributed by atoms with Crippen LogP contribution in [0.1, 0.15) is 60.8 Å². The van der Waals surface area contributed by atoms with Gasteiger partial charge in [0.1, 0.15) is 18.6 Å². The standard InChI is InChI=1S/C29H32ClN5O5/c1-17(2)14-19-9-11-23-24(12-13-34-32-26(31-33-34)16-27(36)37)40-28(20-6-5-7-25(38-3)29(20)39-4)21-15-18(30)8-10-22(21)35(19)23/h5-11,15,17,24,28H,12-14,16H2,1-4H3,(H,36,37)/t24-,28-/m1/s1. The van der Waals surface area contributed by atoms with Gasteiger partial charge >= 0.3 is 5.97 Å². The molecule has 210 valence electrons. The van der Waals surface area contributed by atoms with Gasteiger partial charge in [-0.3, -0.25) is 4.79 Å². The van der Waals surface area contributed by atoms with Gasteiger partial charge < -0.3 is 23.9 Å². The second-order valence-corrected chi connectivity index (χ2v) is 10.6. The van der Waals surface area contributed by atoms with E-state index in [0.717, 1.165) is 28.9 Å². The van der Waals surface area contributed by atoms with Crippen molar-refractivity contribution in [3.8, 4) is 17.2 Å². The highest BCUT2D eigenvalue weighted by molar-refractivity contribution is 6.30. The molecule has 2 aromatic heterocycles. The highest BCUT2D eigenvalue weighted by Crippen LogP contribution is 2.47. The van der Waals surface area contributed by atoms with Crippen LogP contribution in [-0.2, 0) is 28.9 Å². The third-order valence-corrected chi connectivity index (χ3v) is 7.10. The van der Waals surface area contributed by atoms with Crippen LogP contribution >= 0.6 is 11.6 Å². The first kappa shape index (κ1) is 27.7. The second kappa shape index (κ2) is 11.7. The lowest BCUT2D eigenvalue weighted by molar-refractivity contribution is -0.136. The van der Waals surface area contributed by atoms with Gasteiger partial charge in [0.2, 0.25) is 0 Å². The number of rotatable bonds is 10. The van der Waals surface area contributed by atoms with Crippen LogP contribution in [-0.4, -0.2) is 50.1 Å². The van der Waals surface area contributed by atoms with E-state index >= 15 is 0 Å². The van der Waals surface area contributed by atoms with Crippen LogP contribution in [0.2, 0.25) is 5.02 Å². The fraction of sp³-hybridized carbons (Fsp3) is 0.379. The number of carboxylic acid groups (broad SMARTS) is 1. The number of aryl methyl sites for hydroxylation is 1. The Kier molecular flexibility index (Phi) is 8.09. The molecule has 10 nitrogen and oxygen atoms in total. The molecule has 40 heavy (non-hydrogen) atoms. The maximum absolute atomic E-state index is 11.1. The molecular formula is C29H32ClN5O5. The number of benzene rings is 2. The van der Waals surface area contributed by atoms with Crippen molar-refractivity contribution in [3.63, 3.8) is 0 Å². The van der Waals surface area contributed by atoms with Crippen LogP contribution in [0.4, 0.5) is 0 Å². The number of halogens is 1. The Hall–Kier alpha value is -3.89. The molecule has 0 saturated carbocycles. The summed E-state index contributed by atoms with van der Waals surface area (Å²) in [6, 6.07) is 15.9. The predicted molar refractivity (Wildman–Crippen MR) is 148 cm³/mol. The van der Waals surface area contributed by atoms with E-state index in [0.29, 0.717) is 35.4 Å². The van der Waals surface area contributed by atoms with Gasteiger partial charge in [-0.25, -0.2) is 0 Å². The summed E-state index contributed by atoms with van der Waals surface area (Å²) >= 11 is 6.57. The van der Waals surface area contributed by atoms with Crippen LogP contribution in [0.5, 0.6) is 11.5 Å². The Bertz CT molecular complexity index is 1510. The van der Waals surface area contributed by atoms with Gasteiger partial charge in [0.05, 0.1) is 32.1 Å². The Morgan fingerprint density at radius 1 is 1.12 bits per heavy atom. The van der Waals surface area contributed by atoms with E-state index in [1.54, 1.807) is 14.2 Å². The van der Waals surface area contributed by atoms with E-state index in [9.17, 15) is 4.79 Å². The van der Waals surface area contributed by atoms with Gasteiger partial charge in [-0.2, -0.15) is 4.80 Å². The summed E-state index contributed by atoms with van der Waals surface area (Å²) in [5.74, 6) is 0.793. The molecular weight excluding hydrogens is 534 g/mol. The maximum Gasteiger partial charge on any atom is 0.311 e. The highest BCUT2D eigenvalue weighted by Gasteiger charge is 2.34. The largest absolute Gasteiger partial charge is 0.493 e. The maximum atomic E-state index is 11.1. The highest BCUT2D eigenvalue weighted by atomic mass is 35.5. The monoisotopic (exact) mass is 565 g/mol. The number of para-hydroxylation sites is 1. The van der Waals surface area contributed by atoms with Gasteiger partial charge in [-0.05, 0) is 54.0 Å². The molecule has 3 heterocycles. The summed E-state index contributed by atoms with van der Waals surface area (Å²) in [6.45, 7) is 4.77. The minimum Gasteiger partial charge on any atom is -0.493 e. The van der Waals surface area contributed by atoms with Crippen LogP contribution in [0.15, 0.2) is 48.5 Å². The number of aromatic nitrogens is 5. The summed E-state index contributed by atoms with van der Waals surface area (Å²) in [5.41, 5.74) is 4.87. The Morgan fingerprint density at radius 3 is 2.67 bits per heavy atom. The molecule has 0 bridgehead atoms. The van der Waals surface area contributed by atoms with Gasteiger partial charge in [0.25, 0.3) is 0 Å². The minimum atomic E-state index is -1.01. The molecule has 0 spiro atoms. The molecule has 0 aliphatic carbocycles. The van der Waals surface area contributed by atoms with E-state index < -0.39 is 12.1 Å². The SMILES string of the molecule is COc1cccc([C@H]2O[C@H](CCn3nnc(CC(=O)O)n3)c3ccc(CC(C)C)n3-c3ccc(Cl)cc32)c1OC. The van der Waals surface area contributed by atoms with Crippen LogP contribution in [0, 0.1) is 5.92 Å². The minimum absolute atomic E-state index is 0.165. The number of aliphatic carboxylic acids is 1. The summed E-state index contributed by atoms with van der Waals surface area (Å²) in [6.07, 6.45) is 0.211. The molecule has 0 unspecified atom stereocenters. The molecule has 1 aliphatic heterocycles. The number of tetrazole rings is 1. The van der Waals surface area contributed by atoms with Crippen molar-refractivity contribution in [1.82, 2.24) is 24.8 Å². The van der Waals surface area contributed by atoms with Gasteiger partial charge in [0.15, 0.2) is 17.3 Å². The summed E-state index contributed by atoms with van der Waals surface area (Å²) in [5, 5.41) is 21.8. The predicted octanol–water partition coefficient (Wildman–Crippen LogP) is 5.21. The molecule has 1 aliphatic rings. The zero-order valence-electron chi connectivity index (χ0n) is 22.9. The fourth-order valence-corrected chi connectivity index (χ4v) is 5.43. The first-order chi connectivity index (χ1) is 19.3. The fourth-order valence-electron chi connectivity index (χ4n) is 5.25. The first-order valence-corrected chi connectivity index (χ1v) is 13.5. The normalized spacial score (nSPS) is 16.4. The molecule has 5 rings (SSSR count). The van der Waals surface area contributed by atoms with Crippen molar-refractivity contribution < 1.29 is 24.1 Å². The Morgan fingerprint density at radius 2 is 1.95 bits per heavy atom. The van der Waals surface area contributed by atoms with E-state index in [1.165, 1.54) is 10.5 Å². The number of carboxylic acids is 1. The zero-order chi connectivity index (χ0) is 28.4. The molecule has 2 atom stereocenters. The smallest absolute Gasteiger partial charge is 0.311 e. The van der Waals surface area contributed by atoms with Gasteiger partial charge in [-0.15, -0.1) is 10.2 Å². The lowest BCUT2D eigenvalue weighted by atomic mass is 9.98. The number of carbonyl (C=O) groups is 1. The Labute approximate surface area is 237 Å². The summed E-state index contributed by atoms with van der Waals surface area (Å²) in [4.78, 5) is 12.5. The zero-order valence-corrected chi connectivity index (χ0v) is 23.6. The number of hydrogen-bond donors (Lipinski definition) is 1. The molecule has 0 fully saturated rings. The average Bonchev–Trinajstić information content (AvgIpc) is 3.51. The Balaban J connectivity index is 1.62. The lowest BCUT2D eigenvalue weighted by Gasteiger charge is -2.25. The number of hydrogen-bond acceptors (Lipinski definition) is 7. The number of ether oxygens (including phenoxy) is 3. The molecule has 0 saturated heterocycles. The molecule has 4 aromatic rings. The quantitative estimate of drug-likeness (QED) is 0.279. The third kappa shape index (κ3) is 5.55. The number of nitrogens with zero attached hydrogens (tertiary/aromatic N) is 5. The van der Waals surface area contributed by atoms with Crippen molar-refractivity contribution in [2.75, 3.05) is 14.2 Å². The van der Waals surface area contributed by atoms with Gasteiger partial charge in [0, 0.05) is 28.3 Å². The van der Waals surface area contributed by atoms with Gasteiger partial charge in [-0.1, -0.05) is 37.6 Å². The van der Waals surface area contributed by atoms with E-state index in [-0.39, 0.29) is 18.3 Å². The van der Waals surface area contributed by atoms with Crippen LogP contribution in [0.25, 0.3) is 5.69 Å². The molecule has 0 amide bonds. The van der Waals surface area contributed by atoms with Crippen molar-refractivity contribution >= 4 is 17.6 Å². The number of fused-ring (bicyclic) bond motifs is 3. The van der Waals surface area contributed by atoms with Crippen molar-refractivity contribution in [2.24, 2.45) is 5.92 Å². The van der Waals surface area contributed by atoms with Crippen molar-refractivity contribution in [3.05, 3.63) is 81.9 Å². The molecule has 2 aromatic carbocycles.